The number of aldehydes is 1. The average Bonchev–Trinajstić information content (AvgIpc) is 3.14. The summed E-state index contributed by atoms with van der Waals surface area (Å²) in [7, 11) is 6.71. The molecule has 0 spiro atoms. The lowest BCUT2D eigenvalue weighted by atomic mass is 9.66. The molecule has 3 heterocycles. The molecule has 3 fully saturated rings. The molecule has 0 bridgehead atoms. The van der Waals surface area contributed by atoms with Gasteiger partial charge in [-0.05, 0) is 87.7 Å². The summed E-state index contributed by atoms with van der Waals surface area (Å²) in [4.78, 5) is 40.6. The molecule has 3 rings (SSSR count). The third-order valence-corrected chi connectivity index (χ3v) is 13.4. The lowest BCUT2D eigenvalue weighted by Gasteiger charge is -2.51. The van der Waals surface area contributed by atoms with Crippen molar-refractivity contribution in [1.82, 2.24) is 4.90 Å². The molecule has 3 unspecified atom stereocenters. The van der Waals surface area contributed by atoms with Crippen LogP contribution in [0.3, 0.4) is 0 Å². The largest absolute Gasteiger partial charge is 0.459 e. The normalized spacial score (nSPS) is 47.5. The van der Waals surface area contributed by atoms with Crippen LogP contribution in [0.25, 0.3) is 0 Å². The first-order valence-electron chi connectivity index (χ1n) is 20.8. The smallest absolute Gasteiger partial charge is 0.311 e. The summed E-state index contributed by atoms with van der Waals surface area (Å²) in [6, 6.07) is -0.323. The highest BCUT2D eigenvalue weighted by molar-refractivity contribution is 5.73. The van der Waals surface area contributed by atoms with Crippen LogP contribution in [0, 0.1) is 23.7 Å². The molecule has 0 amide bonds. The van der Waals surface area contributed by atoms with E-state index in [9.17, 15) is 34.8 Å². The number of likely N-dealkylation sites (N-methyl/N-ethyl adjacent to an activating group) is 1. The Labute approximate surface area is 345 Å². The first-order valence-corrected chi connectivity index (χ1v) is 20.8. The zero-order valence-corrected chi connectivity index (χ0v) is 37.5. The fourth-order valence-corrected chi connectivity index (χ4v) is 9.89. The van der Waals surface area contributed by atoms with Crippen molar-refractivity contribution in [3.05, 3.63) is 0 Å². The summed E-state index contributed by atoms with van der Waals surface area (Å²) < 4.78 is 50.3. The molecule has 0 aliphatic carbocycles. The third kappa shape index (κ3) is 10.8. The molecule has 16 nitrogen and oxygen atoms in total. The lowest BCUT2D eigenvalue weighted by Crippen LogP contribution is -2.63. The predicted octanol–water partition coefficient (Wildman–Crippen LogP) is 2.76. The minimum atomic E-state index is -2.06. The highest BCUT2D eigenvalue weighted by Gasteiger charge is 2.57. The maximum absolute atomic E-state index is 14.5. The lowest BCUT2D eigenvalue weighted by molar-refractivity contribution is -0.321. The second kappa shape index (κ2) is 19.9. The fourth-order valence-electron chi connectivity index (χ4n) is 9.89. The Morgan fingerprint density at radius 2 is 1.50 bits per heavy atom. The Morgan fingerprint density at radius 3 is 2.02 bits per heavy atom. The molecule has 3 saturated heterocycles. The number of methoxy groups -OCH3 is 2. The van der Waals surface area contributed by atoms with Gasteiger partial charge in [-0.1, -0.05) is 20.8 Å². The second-order valence-electron chi connectivity index (χ2n) is 18.3. The third-order valence-electron chi connectivity index (χ3n) is 13.4. The average molecular weight is 834 g/mol. The van der Waals surface area contributed by atoms with Crippen LogP contribution in [0.15, 0.2) is 0 Å². The predicted molar refractivity (Wildman–Crippen MR) is 211 cm³/mol. The first-order chi connectivity index (χ1) is 26.8. The SMILES string of the molecule is CC[C@H]1OC(=O)[C@H](C)[C@@H](OC2C[C@@](C)(OC)[C@@H](OC(C)=O)[C@H](C)O2)[C@H](C)[C@@H](O[C@@H]2O[C@H](C)C[C@H](N(C)C)[C@H]2O)[C@](C)(OC)C[C@@H](C)C(O)C(C)(O)[C@@H](CC=O)[C@]1(C)O. The van der Waals surface area contributed by atoms with Gasteiger partial charge in [0.2, 0.25) is 0 Å². The molecular weight excluding hydrogens is 758 g/mol. The van der Waals surface area contributed by atoms with Gasteiger partial charge in [-0.25, -0.2) is 0 Å². The zero-order chi connectivity index (χ0) is 44.3. The number of ether oxygens (including phenoxy) is 8. The highest BCUT2D eigenvalue weighted by atomic mass is 16.7. The summed E-state index contributed by atoms with van der Waals surface area (Å²) in [5.41, 5.74) is -6.44. The van der Waals surface area contributed by atoms with E-state index in [1.165, 1.54) is 35.0 Å². The molecule has 19 atom stereocenters. The highest BCUT2D eigenvalue weighted by Crippen LogP contribution is 2.45. The maximum atomic E-state index is 14.5. The minimum absolute atomic E-state index is 0.0484. The van der Waals surface area contributed by atoms with Crippen molar-refractivity contribution in [2.75, 3.05) is 28.3 Å². The summed E-state index contributed by atoms with van der Waals surface area (Å²) in [6.07, 6.45) is -8.91. The van der Waals surface area contributed by atoms with Crippen molar-refractivity contribution >= 4 is 18.2 Å². The van der Waals surface area contributed by atoms with E-state index < -0.39 is 113 Å². The second-order valence-corrected chi connectivity index (χ2v) is 18.3. The molecule has 0 radical (unpaired) electrons. The van der Waals surface area contributed by atoms with E-state index in [1.807, 2.05) is 32.8 Å². The fraction of sp³-hybridized carbons (Fsp3) is 0.929. The molecule has 0 aromatic heterocycles. The number of cyclic esters (lactones) is 1. The van der Waals surface area contributed by atoms with E-state index >= 15 is 0 Å². The molecule has 0 aromatic rings. The zero-order valence-electron chi connectivity index (χ0n) is 37.5. The summed E-state index contributed by atoms with van der Waals surface area (Å²) in [5, 5.41) is 47.9. The molecule has 4 N–H and O–H groups in total. The van der Waals surface area contributed by atoms with Gasteiger partial charge in [-0.2, -0.15) is 0 Å². The topological polar surface area (TPSA) is 209 Å². The number of aliphatic hydroxyl groups excluding tert-OH is 2. The van der Waals surface area contributed by atoms with Gasteiger partial charge in [0.1, 0.15) is 29.7 Å². The van der Waals surface area contributed by atoms with E-state index in [-0.39, 0.29) is 37.8 Å². The summed E-state index contributed by atoms with van der Waals surface area (Å²) in [5.74, 6) is -5.15. The number of esters is 2. The number of carbonyl (C=O) groups is 3. The van der Waals surface area contributed by atoms with E-state index in [1.54, 1.807) is 41.5 Å². The van der Waals surface area contributed by atoms with Crippen molar-refractivity contribution < 1.29 is 72.7 Å². The van der Waals surface area contributed by atoms with Crippen molar-refractivity contribution in [1.29, 1.82) is 0 Å². The molecule has 0 aromatic carbocycles. The first kappa shape index (κ1) is 50.5. The van der Waals surface area contributed by atoms with Gasteiger partial charge in [-0.15, -0.1) is 0 Å². The quantitative estimate of drug-likeness (QED) is 0.174. The Kier molecular flexibility index (Phi) is 17.3. The van der Waals surface area contributed by atoms with Crippen LogP contribution in [0.2, 0.25) is 0 Å². The number of rotatable bonds is 11. The van der Waals surface area contributed by atoms with Crippen LogP contribution in [0.5, 0.6) is 0 Å². The van der Waals surface area contributed by atoms with Crippen molar-refractivity contribution in [3.63, 3.8) is 0 Å². The molecule has 3 aliphatic rings. The van der Waals surface area contributed by atoms with Gasteiger partial charge in [0, 0.05) is 51.9 Å². The van der Waals surface area contributed by atoms with E-state index in [0.717, 1.165) is 0 Å². The number of hydrogen-bond donors (Lipinski definition) is 4. The Balaban J connectivity index is 2.28. The van der Waals surface area contributed by atoms with Gasteiger partial charge >= 0.3 is 11.9 Å². The molecule has 58 heavy (non-hydrogen) atoms. The number of aliphatic hydroxyl groups is 4. The van der Waals surface area contributed by atoms with Crippen LogP contribution in [0.1, 0.15) is 108 Å². The maximum Gasteiger partial charge on any atom is 0.311 e. The van der Waals surface area contributed by atoms with Gasteiger partial charge in [0.05, 0.1) is 47.6 Å². The van der Waals surface area contributed by atoms with Gasteiger partial charge in [-0.3, -0.25) is 9.59 Å². The van der Waals surface area contributed by atoms with Gasteiger partial charge in [0.15, 0.2) is 18.7 Å². The van der Waals surface area contributed by atoms with Gasteiger partial charge < -0.3 is 68.0 Å². The van der Waals surface area contributed by atoms with Gasteiger partial charge in [0.25, 0.3) is 0 Å². The van der Waals surface area contributed by atoms with E-state index in [2.05, 4.69) is 0 Å². The monoisotopic (exact) mass is 834 g/mol. The van der Waals surface area contributed by atoms with Crippen LogP contribution in [-0.4, -0.2) is 162 Å². The Hall–Kier alpha value is -1.83. The molecule has 0 saturated carbocycles. The number of nitrogens with zero attached hydrogens (tertiary/aromatic N) is 1. The summed E-state index contributed by atoms with van der Waals surface area (Å²) in [6.45, 7) is 18.1. The van der Waals surface area contributed by atoms with E-state index in [4.69, 9.17) is 37.9 Å². The molecular formula is C42H75NO15. The Bertz CT molecular complexity index is 1360. The molecule has 3 aliphatic heterocycles. The van der Waals surface area contributed by atoms with Crippen LogP contribution in [0.4, 0.5) is 0 Å². The Morgan fingerprint density at radius 1 is 0.914 bits per heavy atom. The van der Waals surface area contributed by atoms with Crippen LogP contribution >= 0.6 is 0 Å². The standard InChI is InChI=1S/C42H75NO15/c1-16-30-41(10,49)29(17-18-44)42(11,50)34(47)22(2)20-39(8,51-14)35(58-38-32(46)28(43(12)13)19-23(3)53-38)24(4)33(25(5)37(48)56-30)57-31-21-40(9,52-15)36(26(6)54-31)55-27(7)45/h18,22-26,28-36,38,46-47,49-50H,16-17,19-21H2,1-15H3/t22-,23-,24+,25-,26+,28+,29+,30-,31?,32-,33+,34?,35-,36+,38+,39-,40-,41+,42?/m1/s1. The van der Waals surface area contributed by atoms with Crippen LogP contribution in [-0.2, 0) is 52.3 Å². The number of carbonyl (C=O) groups excluding carboxylic acids is 3. The van der Waals surface area contributed by atoms with Crippen LogP contribution < -0.4 is 0 Å². The molecule has 16 heteroatoms. The van der Waals surface area contributed by atoms with Crippen molar-refractivity contribution in [2.24, 2.45) is 23.7 Å². The minimum Gasteiger partial charge on any atom is -0.459 e. The molecule has 338 valence electrons. The van der Waals surface area contributed by atoms with Crippen molar-refractivity contribution in [2.45, 2.75) is 198 Å². The van der Waals surface area contributed by atoms with Crippen molar-refractivity contribution in [3.8, 4) is 0 Å². The summed E-state index contributed by atoms with van der Waals surface area (Å²) >= 11 is 0. The van der Waals surface area contributed by atoms with E-state index in [0.29, 0.717) is 12.7 Å². The number of hydrogen-bond acceptors (Lipinski definition) is 16.